The zero-order chi connectivity index (χ0) is 63.2. The van der Waals surface area contributed by atoms with Gasteiger partial charge in [0.1, 0.15) is 33.5 Å². The summed E-state index contributed by atoms with van der Waals surface area (Å²) in [5.41, 5.74) is 10.2. The fraction of sp³-hybridized carbons (Fsp3) is 0.120. The van der Waals surface area contributed by atoms with E-state index >= 15 is 0 Å². The van der Waals surface area contributed by atoms with E-state index in [1.54, 1.807) is 0 Å². The molecule has 0 radical (unpaired) electrons. The lowest BCUT2D eigenvalue weighted by molar-refractivity contribution is -0.571. The van der Waals surface area contributed by atoms with Crippen molar-refractivity contribution in [3.63, 3.8) is 0 Å². The number of para-hydroxylation sites is 3. The normalized spacial score (nSPS) is 13.7. The number of fused-ring (bicyclic) bond motifs is 4. The maximum Gasteiger partial charge on any atom is 0.269 e. The van der Waals surface area contributed by atoms with Gasteiger partial charge in [0.05, 0.1) is 40.3 Å². The number of aryl methyl sites for hydroxylation is 1. The van der Waals surface area contributed by atoms with Gasteiger partial charge in [-0.1, -0.05) is 268 Å². The van der Waals surface area contributed by atoms with Crippen LogP contribution in [0.3, 0.4) is 0 Å². The molecule has 82 heavy (non-hydrogen) atoms. The van der Waals surface area contributed by atoms with Gasteiger partial charge in [-0.05, 0) is 93.7 Å². The Morgan fingerprint density at radius 2 is 1.09 bits per heavy atom. The molecule has 3 aromatic heterocycles. The average molecular weight is 1100 g/mol. The van der Waals surface area contributed by atoms with Gasteiger partial charge in [0.15, 0.2) is 0 Å². The van der Waals surface area contributed by atoms with Crippen molar-refractivity contribution in [2.75, 3.05) is 0 Å². The van der Waals surface area contributed by atoms with Gasteiger partial charge in [-0.2, -0.15) is 0 Å². The third-order valence-electron chi connectivity index (χ3n) is 16.4. The van der Waals surface area contributed by atoms with Crippen molar-refractivity contribution in [3.05, 3.63) is 272 Å². The maximum atomic E-state index is 8.71. The maximum absolute atomic E-state index is 8.71. The van der Waals surface area contributed by atoms with E-state index in [1.165, 1.54) is 38.6 Å². The fourth-order valence-electron chi connectivity index (χ4n) is 11.6. The van der Waals surface area contributed by atoms with Crippen LogP contribution in [0.4, 0.5) is 0 Å². The Labute approximate surface area is 495 Å². The molecule has 13 rings (SSSR count). The summed E-state index contributed by atoms with van der Waals surface area (Å²) in [6, 6.07) is 73.9. The highest BCUT2D eigenvalue weighted by atomic mass is 28.3. The van der Waals surface area contributed by atoms with Crippen LogP contribution in [0.2, 0.25) is 26.2 Å². The van der Waals surface area contributed by atoms with Crippen LogP contribution >= 0.6 is 0 Å². The number of ether oxygens (including phenoxy) is 1. The Hall–Kier alpha value is -9.15. The minimum atomic E-state index is -2.75. The molecule has 5 nitrogen and oxygen atoms in total. The summed E-state index contributed by atoms with van der Waals surface area (Å²) in [5, 5.41) is 7.20. The van der Waals surface area contributed by atoms with Crippen LogP contribution in [-0.2, 0) is 5.41 Å². The van der Waals surface area contributed by atoms with Gasteiger partial charge >= 0.3 is 0 Å². The minimum Gasteiger partial charge on any atom is -0.458 e. The topological polar surface area (TPSA) is 35.9 Å². The van der Waals surface area contributed by atoms with Crippen molar-refractivity contribution in [2.45, 2.75) is 59.2 Å². The molecule has 0 atom stereocenters. The number of rotatable bonds is 12. The number of nitrogens with zero attached hydrogens (tertiary/aromatic N) is 4. The predicted molar refractivity (Wildman–Crippen MR) is 348 cm³/mol. The number of hydrogen-bond donors (Lipinski definition) is 0. The summed E-state index contributed by atoms with van der Waals surface area (Å²) in [5.74, 6) is 1.35. The molecule has 7 heteroatoms. The van der Waals surface area contributed by atoms with Crippen LogP contribution in [0, 0.1) is 13.2 Å². The van der Waals surface area contributed by atoms with Crippen LogP contribution in [0.1, 0.15) is 42.9 Å². The summed E-state index contributed by atoms with van der Waals surface area (Å²) in [7, 11) is -4.33. The Morgan fingerprint density at radius 3 is 1.73 bits per heavy atom. The second kappa shape index (κ2) is 20.7. The van der Waals surface area contributed by atoms with Crippen LogP contribution in [0.15, 0.2) is 255 Å². The zero-order valence-electron chi connectivity index (χ0n) is 55.1. The number of benzene rings is 10. The fourth-order valence-corrected chi connectivity index (χ4v) is 16.4. The van der Waals surface area contributed by atoms with Gasteiger partial charge in [0, 0.05) is 32.7 Å². The van der Waals surface area contributed by atoms with E-state index in [4.69, 9.17) is 20.7 Å². The predicted octanol–water partition coefficient (Wildman–Crippen LogP) is 16.2. The van der Waals surface area contributed by atoms with E-state index in [9.17, 15) is 0 Å². The molecule has 13 aromatic rings. The first-order chi connectivity index (χ1) is 43.0. The first-order valence-electron chi connectivity index (χ1n) is 31.9. The first kappa shape index (κ1) is 43.6. The molecular weight excluding hydrogens is 1030 g/mol. The SMILES string of the molecule is [2H]c1c([2H])c([2H])c(-c2cnc(-n3c4ccccc4c4ccc(Oc5cccc(-n6[c-][n+](-c7c(-c8cccc([Si](C)(C)c9ccccc9)c8)cc(C(C)(C)C)cc7-c7cccc([Si](C)(C)c8ccccc8)c7)c7ccccc76)c5)cc43)cc2C([2H])([2H])[2H])c([2H])c1[2H]. The molecule has 0 aliphatic carbocycles. The number of hydrogen-bond acceptors (Lipinski definition) is 2. The molecule has 10 aromatic carbocycles. The van der Waals surface area contributed by atoms with E-state index < -0.39 is 53.2 Å². The van der Waals surface area contributed by atoms with Gasteiger partial charge in [-0.25, -0.2) is 4.98 Å². The summed E-state index contributed by atoms with van der Waals surface area (Å²) >= 11 is 0. The molecule has 3 heterocycles. The Balaban J connectivity index is 0.958. The molecule has 0 unspecified atom stereocenters. The Bertz CT molecular complexity index is 4830. The molecule has 0 aliphatic rings. The molecule has 0 aliphatic heterocycles. The monoisotopic (exact) mass is 1100 g/mol. The van der Waals surface area contributed by atoms with Crippen molar-refractivity contribution in [3.8, 4) is 62.1 Å². The lowest BCUT2D eigenvalue weighted by Gasteiger charge is -2.28. The molecule has 0 saturated heterocycles. The van der Waals surface area contributed by atoms with E-state index in [2.05, 4.69) is 214 Å². The summed E-state index contributed by atoms with van der Waals surface area (Å²) < 4.78 is 81.4. The molecule has 0 bridgehead atoms. The van der Waals surface area contributed by atoms with Crippen molar-refractivity contribution in [2.24, 2.45) is 0 Å². The van der Waals surface area contributed by atoms with Gasteiger partial charge in [-0.3, -0.25) is 13.7 Å². The molecular formula is C75H66N4OSi2. The highest BCUT2D eigenvalue weighted by Gasteiger charge is 2.30. The van der Waals surface area contributed by atoms with Crippen molar-refractivity contribution in [1.29, 1.82) is 0 Å². The third kappa shape index (κ3) is 9.49. The van der Waals surface area contributed by atoms with Crippen molar-refractivity contribution in [1.82, 2.24) is 14.1 Å². The first-order valence-corrected chi connectivity index (χ1v) is 33.9. The lowest BCUT2D eigenvalue weighted by Crippen LogP contribution is -2.52. The van der Waals surface area contributed by atoms with E-state index in [0.29, 0.717) is 17.0 Å². The smallest absolute Gasteiger partial charge is 0.269 e. The van der Waals surface area contributed by atoms with Crippen molar-refractivity contribution < 1.29 is 20.3 Å². The van der Waals surface area contributed by atoms with E-state index in [-0.39, 0.29) is 27.9 Å². The number of pyridine rings is 1. The zero-order valence-corrected chi connectivity index (χ0v) is 49.1. The third-order valence-corrected chi connectivity index (χ3v) is 23.5. The second-order valence-corrected chi connectivity index (χ2v) is 32.1. The second-order valence-electron chi connectivity index (χ2n) is 23.3. The van der Waals surface area contributed by atoms with Gasteiger partial charge < -0.3 is 4.74 Å². The van der Waals surface area contributed by atoms with Gasteiger partial charge in [0.25, 0.3) is 6.33 Å². The van der Waals surface area contributed by atoms with Crippen LogP contribution in [0.25, 0.3) is 83.4 Å². The summed E-state index contributed by atoms with van der Waals surface area (Å²) in [6.45, 7) is 13.9. The molecule has 0 fully saturated rings. The minimum absolute atomic E-state index is 0.0671. The summed E-state index contributed by atoms with van der Waals surface area (Å²) in [6.07, 6.45) is 5.24. The molecule has 0 amide bonds. The summed E-state index contributed by atoms with van der Waals surface area (Å²) in [4.78, 5) is 4.78. The number of imidazole rings is 1. The van der Waals surface area contributed by atoms with Crippen LogP contribution < -0.4 is 30.1 Å². The molecule has 0 saturated carbocycles. The highest BCUT2D eigenvalue weighted by Crippen LogP contribution is 2.40. The van der Waals surface area contributed by atoms with Crippen LogP contribution in [0.5, 0.6) is 11.5 Å². The lowest BCUT2D eigenvalue weighted by atomic mass is 9.82. The highest BCUT2D eigenvalue weighted by molar-refractivity contribution is 7.01. The van der Waals surface area contributed by atoms with E-state index in [1.807, 2.05) is 65.2 Å². The standard InChI is InChI=1S/C75H66N4OSi2/c1-52-43-73(76-50-68(52)53-25-12-9-13-26-53)79-69-38-19-18-37-64(69)65-42-41-59(49-72(65)79)80-58-30-24-29-57(48-58)77-51-78(71-40-21-20-39-70(71)77)74-66(54-27-22-35-62(44-54)81(5,6)60-31-14-10-15-32-60)46-56(75(2,3)4)47-67(74)55-28-23-36-63(45-55)82(7,8)61-33-16-11-17-34-61/h9-50H,1-8H3/i1D3,9D,12D,13D,25D,26D. The quantitative estimate of drug-likeness (QED) is 0.0694. The largest absolute Gasteiger partial charge is 0.458 e. The Kier molecular flexibility index (Phi) is 11.0. The van der Waals surface area contributed by atoms with E-state index in [0.717, 1.165) is 61.0 Å². The van der Waals surface area contributed by atoms with Gasteiger partial charge in [-0.15, -0.1) is 0 Å². The number of aromatic nitrogens is 4. The molecule has 400 valence electrons. The van der Waals surface area contributed by atoms with Crippen LogP contribution in [-0.4, -0.2) is 30.3 Å². The Morgan fingerprint density at radius 1 is 0.512 bits per heavy atom. The molecule has 0 spiro atoms. The van der Waals surface area contributed by atoms with Crippen molar-refractivity contribution >= 4 is 69.7 Å². The molecule has 0 N–H and O–H groups in total. The average Bonchev–Trinajstić information content (AvgIpc) is 1.47. The van der Waals surface area contributed by atoms with Gasteiger partial charge in [0.2, 0.25) is 0 Å².